The van der Waals surface area contributed by atoms with Crippen molar-refractivity contribution in [2.75, 3.05) is 6.54 Å². The van der Waals surface area contributed by atoms with E-state index >= 15 is 0 Å². The van der Waals surface area contributed by atoms with E-state index in [9.17, 15) is 9.59 Å². The number of carbonyl (C=O) groups is 2. The molecule has 0 aliphatic heterocycles. The quantitative estimate of drug-likeness (QED) is 0.708. The lowest BCUT2D eigenvalue weighted by Crippen LogP contribution is -2.24. The average Bonchev–Trinajstić information content (AvgIpc) is 3.09. The molecule has 6 nitrogen and oxygen atoms in total. The van der Waals surface area contributed by atoms with Crippen LogP contribution in [0.15, 0.2) is 60.8 Å². The minimum absolute atomic E-state index is 0.1000. The number of para-hydroxylation sites is 1. The number of rotatable bonds is 6. The zero-order valence-corrected chi connectivity index (χ0v) is 15.4. The van der Waals surface area contributed by atoms with E-state index in [4.69, 9.17) is 0 Å². The van der Waals surface area contributed by atoms with Crippen molar-refractivity contribution in [3.05, 3.63) is 83.2 Å². The molecule has 138 valence electrons. The van der Waals surface area contributed by atoms with Gasteiger partial charge in [-0.1, -0.05) is 30.3 Å². The number of nitrogens with zero attached hydrogens (tertiary/aromatic N) is 2. The first-order valence-electron chi connectivity index (χ1n) is 8.85. The minimum atomic E-state index is -0.178. The van der Waals surface area contributed by atoms with E-state index in [0.29, 0.717) is 24.2 Å². The van der Waals surface area contributed by atoms with Gasteiger partial charge < -0.3 is 10.6 Å². The molecule has 0 spiro atoms. The molecule has 3 aromatic rings. The molecule has 2 amide bonds. The van der Waals surface area contributed by atoms with Crippen molar-refractivity contribution in [1.29, 1.82) is 0 Å². The third-order valence-corrected chi connectivity index (χ3v) is 4.26. The van der Waals surface area contributed by atoms with Crippen molar-refractivity contribution < 1.29 is 9.59 Å². The van der Waals surface area contributed by atoms with Crippen LogP contribution in [0.3, 0.4) is 0 Å². The Morgan fingerprint density at radius 3 is 2.33 bits per heavy atom. The Bertz CT molecular complexity index is 931. The van der Waals surface area contributed by atoms with Crippen LogP contribution in [0.4, 0.5) is 0 Å². The lowest BCUT2D eigenvalue weighted by atomic mass is 10.1. The number of benzene rings is 2. The second kappa shape index (κ2) is 8.31. The Labute approximate surface area is 158 Å². The lowest BCUT2D eigenvalue weighted by Gasteiger charge is -2.07. The van der Waals surface area contributed by atoms with Crippen LogP contribution in [0.5, 0.6) is 0 Å². The number of hydrogen-bond donors (Lipinski definition) is 2. The van der Waals surface area contributed by atoms with Gasteiger partial charge in [0, 0.05) is 18.7 Å². The Kier molecular flexibility index (Phi) is 5.66. The zero-order valence-electron chi connectivity index (χ0n) is 15.4. The maximum Gasteiger partial charge on any atom is 0.255 e. The highest BCUT2D eigenvalue weighted by Gasteiger charge is 2.15. The standard InChI is InChI=1S/C21H22N4O2/c1-3-22-20(26)17-11-9-16(10-12-17)13-23-21(27)19-14-24-25(15(19)2)18-7-5-4-6-8-18/h4-12,14H,3,13H2,1-2H3,(H,22,26)(H,23,27). The molecule has 3 rings (SSSR count). The molecule has 1 aromatic heterocycles. The summed E-state index contributed by atoms with van der Waals surface area (Å²) < 4.78 is 1.75. The first kappa shape index (κ1) is 18.4. The lowest BCUT2D eigenvalue weighted by molar-refractivity contribution is 0.0943. The molecule has 0 unspecified atom stereocenters. The van der Waals surface area contributed by atoms with Crippen LogP contribution in [0.25, 0.3) is 5.69 Å². The summed E-state index contributed by atoms with van der Waals surface area (Å²) in [6.45, 7) is 4.72. The number of hydrogen-bond acceptors (Lipinski definition) is 3. The summed E-state index contributed by atoms with van der Waals surface area (Å²) in [5, 5.41) is 9.98. The van der Waals surface area contributed by atoms with Crippen molar-refractivity contribution in [1.82, 2.24) is 20.4 Å². The summed E-state index contributed by atoms with van der Waals surface area (Å²) >= 11 is 0. The minimum Gasteiger partial charge on any atom is -0.352 e. The van der Waals surface area contributed by atoms with Crippen LogP contribution < -0.4 is 10.6 Å². The fourth-order valence-corrected chi connectivity index (χ4v) is 2.78. The van der Waals surface area contributed by atoms with Crippen LogP contribution in [0, 0.1) is 6.92 Å². The van der Waals surface area contributed by atoms with Gasteiger partial charge in [0.1, 0.15) is 0 Å². The molecule has 0 aliphatic rings. The number of aromatic nitrogens is 2. The fraction of sp³-hybridized carbons (Fsp3) is 0.190. The van der Waals surface area contributed by atoms with Gasteiger partial charge in [0.15, 0.2) is 0 Å². The fourth-order valence-electron chi connectivity index (χ4n) is 2.78. The maximum atomic E-state index is 12.5. The van der Waals surface area contributed by atoms with Gasteiger partial charge in [0.2, 0.25) is 0 Å². The monoisotopic (exact) mass is 362 g/mol. The first-order valence-corrected chi connectivity index (χ1v) is 8.85. The predicted molar refractivity (Wildman–Crippen MR) is 104 cm³/mol. The van der Waals surface area contributed by atoms with E-state index < -0.39 is 0 Å². The predicted octanol–water partition coefficient (Wildman–Crippen LogP) is 2.86. The third-order valence-electron chi connectivity index (χ3n) is 4.26. The van der Waals surface area contributed by atoms with Gasteiger partial charge in [-0.15, -0.1) is 0 Å². The third kappa shape index (κ3) is 4.23. The van der Waals surface area contributed by atoms with Crippen molar-refractivity contribution in [2.24, 2.45) is 0 Å². The molecule has 0 radical (unpaired) electrons. The molecule has 0 saturated carbocycles. The molecular formula is C21H22N4O2. The Morgan fingerprint density at radius 2 is 1.67 bits per heavy atom. The smallest absolute Gasteiger partial charge is 0.255 e. The Hall–Kier alpha value is -3.41. The van der Waals surface area contributed by atoms with Crippen molar-refractivity contribution in [3.63, 3.8) is 0 Å². The normalized spacial score (nSPS) is 10.4. The molecule has 0 saturated heterocycles. The molecule has 2 N–H and O–H groups in total. The van der Waals surface area contributed by atoms with Crippen LogP contribution in [-0.4, -0.2) is 28.1 Å². The van der Waals surface area contributed by atoms with Crippen LogP contribution in [0.1, 0.15) is 38.9 Å². The van der Waals surface area contributed by atoms with Gasteiger partial charge >= 0.3 is 0 Å². The second-order valence-corrected chi connectivity index (χ2v) is 6.13. The van der Waals surface area contributed by atoms with E-state index in [0.717, 1.165) is 16.9 Å². The summed E-state index contributed by atoms with van der Waals surface area (Å²) in [5.74, 6) is -0.278. The van der Waals surface area contributed by atoms with E-state index in [-0.39, 0.29) is 11.8 Å². The van der Waals surface area contributed by atoms with Gasteiger partial charge in [-0.25, -0.2) is 4.68 Å². The largest absolute Gasteiger partial charge is 0.352 e. The van der Waals surface area contributed by atoms with Crippen LogP contribution in [-0.2, 0) is 6.54 Å². The van der Waals surface area contributed by atoms with Gasteiger partial charge in [-0.05, 0) is 43.7 Å². The second-order valence-electron chi connectivity index (χ2n) is 6.13. The number of amides is 2. The summed E-state index contributed by atoms with van der Waals surface area (Å²) in [4.78, 5) is 24.3. The molecule has 2 aromatic carbocycles. The molecule has 0 bridgehead atoms. The van der Waals surface area contributed by atoms with Gasteiger partial charge in [0.25, 0.3) is 11.8 Å². The van der Waals surface area contributed by atoms with E-state index in [2.05, 4.69) is 15.7 Å². The molecule has 0 aliphatic carbocycles. The molecular weight excluding hydrogens is 340 g/mol. The van der Waals surface area contributed by atoms with Crippen LogP contribution >= 0.6 is 0 Å². The summed E-state index contributed by atoms with van der Waals surface area (Å²) in [6, 6.07) is 16.9. The topological polar surface area (TPSA) is 76.0 Å². The van der Waals surface area contributed by atoms with Crippen molar-refractivity contribution >= 4 is 11.8 Å². The molecule has 27 heavy (non-hydrogen) atoms. The van der Waals surface area contributed by atoms with Gasteiger partial charge in [-0.2, -0.15) is 5.10 Å². The molecule has 6 heteroatoms. The van der Waals surface area contributed by atoms with Crippen molar-refractivity contribution in [3.8, 4) is 5.69 Å². The first-order chi connectivity index (χ1) is 13.1. The van der Waals surface area contributed by atoms with E-state index in [1.807, 2.05) is 56.3 Å². The summed E-state index contributed by atoms with van der Waals surface area (Å²) in [5.41, 5.74) is 3.76. The highest BCUT2D eigenvalue weighted by atomic mass is 16.2. The zero-order chi connectivity index (χ0) is 19.2. The van der Waals surface area contributed by atoms with Crippen LogP contribution in [0.2, 0.25) is 0 Å². The number of carbonyl (C=O) groups excluding carboxylic acids is 2. The van der Waals surface area contributed by atoms with Gasteiger partial charge in [-0.3, -0.25) is 9.59 Å². The maximum absolute atomic E-state index is 12.5. The molecule has 1 heterocycles. The average molecular weight is 362 g/mol. The van der Waals surface area contributed by atoms with E-state index in [1.54, 1.807) is 23.0 Å². The molecule has 0 atom stereocenters. The van der Waals surface area contributed by atoms with Gasteiger partial charge in [0.05, 0.1) is 23.1 Å². The van der Waals surface area contributed by atoms with Crippen molar-refractivity contribution in [2.45, 2.75) is 20.4 Å². The summed E-state index contributed by atoms with van der Waals surface area (Å²) in [7, 11) is 0. The highest BCUT2D eigenvalue weighted by Crippen LogP contribution is 2.14. The summed E-state index contributed by atoms with van der Waals surface area (Å²) in [6.07, 6.45) is 1.58. The Balaban J connectivity index is 1.65. The number of nitrogens with one attached hydrogen (secondary N) is 2. The van der Waals surface area contributed by atoms with E-state index in [1.165, 1.54) is 0 Å². The highest BCUT2D eigenvalue weighted by molar-refractivity contribution is 5.95. The Morgan fingerprint density at radius 1 is 0.963 bits per heavy atom. The molecule has 0 fully saturated rings. The SMILES string of the molecule is CCNC(=O)c1ccc(CNC(=O)c2cnn(-c3ccccc3)c2C)cc1.